The molecule has 0 radical (unpaired) electrons. The van der Waals surface area contributed by atoms with Crippen LogP contribution in [-0.4, -0.2) is 29.5 Å². The topological polar surface area (TPSA) is 68.1 Å². The molecule has 2 rings (SSSR count). The Morgan fingerprint density at radius 3 is 2.67 bits per heavy atom. The van der Waals surface area contributed by atoms with Crippen molar-refractivity contribution in [2.24, 2.45) is 5.16 Å². The molecule has 0 amide bonds. The van der Waals surface area contributed by atoms with Gasteiger partial charge in [0.15, 0.2) is 0 Å². The summed E-state index contributed by atoms with van der Waals surface area (Å²) in [4.78, 5) is 16.0. The van der Waals surface area contributed by atoms with Crippen LogP contribution in [0.1, 0.15) is 24.5 Å². The van der Waals surface area contributed by atoms with Crippen LogP contribution in [0.3, 0.4) is 0 Å². The van der Waals surface area contributed by atoms with Crippen LogP contribution < -0.4 is 0 Å². The molecule has 5 heteroatoms. The van der Waals surface area contributed by atoms with Gasteiger partial charge < -0.3 is 14.7 Å². The lowest BCUT2D eigenvalue weighted by molar-refractivity contribution is -0.160. The Kier molecular flexibility index (Phi) is 3.34. The largest absolute Gasteiger partial charge is 0.478 e. The highest BCUT2D eigenvalue weighted by Gasteiger charge is 2.42. The third-order valence-electron chi connectivity index (χ3n) is 2.91. The highest BCUT2D eigenvalue weighted by molar-refractivity contribution is 6.04. The minimum Gasteiger partial charge on any atom is -0.478 e. The van der Waals surface area contributed by atoms with Gasteiger partial charge >= 0.3 is 5.97 Å². The molecule has 5 nitrogen and oxygen atoms in total. The van der Waals surface area contributed by atoms with Crippen LogP contribution in [0.5, 0.6) is 0 Å². The lowest BCUT2D eigenvalue weighted by atomic mass is 9.96. The van der Waals surface area contributed by atoms with E-state index in [0.717, 1.165) is 11.1 Å². The second-order valence-electron chi connectivity index (χ2n) is 4.47. The zero-order valence-corrected chi connectivity index (χ0v) is 10.3. The summed E-state index contributed by atoms with van der Waals surface area (Å²) in [5.41, 5.74) is 1.34. The molecule has 18 heavy (non-hydrogen) atoms. The lowest BCUT2D eigenvalue weighted by Gasteiger charge is -2.14. The molecule has 1 unspecified atom stereocenters. The summed E-state index contributed by atoms with van der Waals surface area (Å²) in [6, 6.07) is 7.64. The molecular formula is C13H15NO4. The number of hydrogen-bond donors (Lipinski definition) is 1. The Labute approximate surface area is 105 Å². The van der Waals surface area contributed by atoms with Crippen LogP contribution >= 0.6 is 0 Å². The van der Waals surface area contributed by atoms with E-state index in [2.05, 4.69) is 5.16 Å². The van der Waals surface area contributed by atoms with Gasteiger partial charge in [0.25, 0.3) is 0 Å². The number of aliphatic carboxylic acids is 1. The maximum absolute atomic E-state index is 11.0. The fraction of sp³-hybridized carbons (Fsp3) is 0.385. The van der Waals surface area contributed by atoms with Gasteiger partial charge in [-0.3, -0.25) is 0 Å². The SMILES string of the molecule is COCc1ccc(C2=NOC(C)(C(=O)O)C2)cc1. The van der Waals surface area contributed by atoms with Gasteiger partial charge in [-0.05, 0) is 18.1 Å². The Balaban J connectivity index is 2.12. The molecule has 1 aromatic rings. The molecular weight excluding hydrogens is 234 g/mol. The van der Waals surface area contributed by atoms with Gasteiger partial charge in [0.05, 0.1) is 12.3 Å². The van der Waals surface area contributed by atoms with Gasteiger partial charge in [-0.15, -0.1) is 0 Å². The number of methoxy groups -OCH3 is 1. The molecule has 1 aromatic carbocycles. The number of rotatable bonds is 4. The zero-order chi connectivity index (χ0) is 13.2. The van der Waals surface area contributed by atoms with Crippen molar-refractivity contribution in [2.75, 3.05) is 7.11 Å². The summed E-state index contributed by atoms with van der Waals surface area (Å²) in [5.74, 6) is -1.00. The molecule has 1 aliphatic rings. The number of carbonyl (C=O) groups is 1. The van der Waals surface area contributed by atoms with Crippen molar-refractivity contribution in [3.8, 4) is 0 Å². The average Bonchev–Trinajstić information content (AvgIpc) is 2.75. The lowest BCUT2D eigenvalue weighted by Crippen LogP contribution is -2.35. The minimum absolute atomic E-state index is 0.270. The third-order valence-corrected chi connectivity index (χ3v) is 2.91. The van der Waals surface area contributed by atoms with Crippen LogP contribution in [0.25, 0.3) is 0 Å². The van der Waals surface area contributed by atoms with Crippen LogP contribution in [0.2, 0.25) is 0 Å². The normalized spacial score (nSPS) is 22.4. The van der Waals surface area contributed by atoms with Gasteiger partial charge in [-0.1, -0.05) is 29.4 Å². The molecule has 0 bridgehead atoms. The van der Waals surface area contributed by atoms with Crippen LogP contribution in [-0.2, 0) is 21.0 Å². The number of benzene rings is 1. The number of carboxylic acids is 1. The zero-order valence-electron chi connectivity index (χ0n) is 10.3. The van der Waals surface area contributed by atoms with E-state index in [-0.39, 0.29) is 6.42 Å². The van der Waals surface area contributed by atoms with E-state index >= 15 is 0 Å². The number of carboxylic acid groups (broad SMARTS) is 1. The van der Waals surface area contributed by atoms with Crippen LogP contribution in [0.15, 0.2) is 29.4 Å². The van der Waals surface area contributed by atoms with Crippen molar-refractivity contribution >= 4 is 11.7 Å². The van der Waals surface area contributed by atoms with Crippen LogP contribution in [0.4, 0.5) is 0 Å². The van der Waals surface area contributed by atoms with Crippen molar-refractivity contribution in [1.29, 1.82) is 0 Å². The van der Waals surface area contributed by atoms with E-state index in [1.807, 2.05) is 24.3 Å². The summed E-state index contributed by atoms with van der Waals surface area (Å²) in [7, 11) is 1.64. The van der Waals surface area contributed by atoms with Gasteiger partial charge in [-0.2, -0.15) is 0 Å². The van der Waals surface area contributed by atoms with E-state index in [1.165, 1.54) is 6.92 Å². The van der Waals surface area contributed by atoms with Crippen molar-refractivity contribution in [2.45, 2.75) is 25.6 Å². The Morgan fingerprint density at radius 1 is 1.50 bits per heavy atom. The minimum atomic E-state index is -1.25. The third kappa shape index (κ3) is 2.36. The number of oxime groups is 1. The average molecular weight is 249 g/mol. The molecule has 96 valence electrons. The first-order chi connectivity index (χ1) is 8.55. The molecule has 0 saturated carbocycles. The smallest absolute Gasteiger partial charge is 0.351 e. The van der Waals surface area contributed by atoms with Crippen LogP contribution in [0, 0.1) is 0 Å². The molecule has 0 aliphatic carbocycles. The first-order valence-corrected chi connectivity index (χ1v) is 5.62. The van der Waals surface area contributed by atoms with Gasteiger partial charge in [0.1, 0.15) is 0 Å². The van der Waals surface area contributed by atoms with Crippen molar-refractivity contribution < 1.29 is 19.5 Å². The number of nitrogens with zero attached hydrogens (tertiary/aromatic N) is 1. The van der Waals surface area contributed by atoms with E-state index < -0.39 is 11.6 Å². The Bertz CT molecular complexity index is 480. The molecule has 0 fully saturated rings. The standard InChI is InChI=1S/C13H15NO4/c1-13(12(15)16)7-11(14-18-13)10-5-3-9(4-6-10)8-17-2/h3-6H,7-8H2,1-2H3,(H,15,16). The highest BCUT2D eigenvalue weighted by Crippen LogP contribution is 2.26. The highest BCUT2D eigenvalue weighted by atomic mass is 16.7. The summed E-state index contributed by atoms with van der Waals surface area (Å²) in [5, 5.41) is 12.9. The fourth-order valence-electron chi connectivity index (χ4n) is 1.77. The van der Waals surface area contributed by atoms with Gasteiger partial charge in [0.2, 0.25) is 5.60 Å². The van der Waals surface area contributed by atoms with Crippen molar-refractivity contribution in [3.05, 3.63) is 35.4 Å². The first-order valence-electron chi connectivity index (χ1n) is 5.62. The molecule has 1 N–H and O–H groups in total. The van der Waals surface area contributed by atoms with Gasteiger partial charge in [0, 0.05) is 13.5 Å². The van der Waals surface area contributed by atoms with E-state index in [1.54, 1.807) is 7.11 Å². The van der Waals surface area contributed by atoms with Crippen molar-refractivity contribution in [3.63, 3.8) is 0 Å². The molecule has 1 atom stereocenters. The summed E-state index contributed by atoms with van der Waals surface area (Å²) in [6.07, 6.45) is 0.270. The Morgan fingerprint density at radius 2 is 2.17 bits per heavy atom. The number of hydrogen-bond acceptors (Lipinski definition) is 4. The molecule has 1 heterocycles. The monoisotopic (exact) mass is 249 g/mol. The molecule has 0 saturated heterocycles. The maximum Gasteiger partial charge on any atom is 0.351 e. The fourth-order valence-corrected chi connectivity index (χ4v) is 1.77. The van der Waals surface area contributed by atoms with E-state index in [0.29, 0.717) is 12.3 Å². The summed E-state index contributed by atoms with van der Waals surface area (Å²) >= 11 is 0. The van der Waals surface area contributed by atoms with E-state index in [4.69, 9.17) is 14.7 Å². The quantitative estimate of drug-likeness (QED) is 0.883. The predicted molar refractivity (Wildman–Crippen MR) is 65.4 cm³/mol. The van der Waals surface area contributed by atoms with Crippen molar-refractivity contribution in [1.82, 2.24) is 0 Å². The second kappa shape index (κ2) is 4.78. The van der Waals surface area contributed by atoms with E-state index in [9.17, 15) is 4.79 Å². The summed E-state index contributed by atoms with van der Waals surface area (Å²) in [6.45, 7) is 2.07. The maximum atomic E-state index is 11.0. The first kappa shape index (κ1) is 12.6. The molecule has 0 spiro atoms. The Hall–Kier alpha value is -1.88. The molecule has 1 aliphatic heterocycles. The molecule has 0 aromatic heterocycles. The second-order valence-corrected chi connectivity index (χ2v) is 4.47. The van der Waals surface area contributed by atoms with Gasteiger partial charge in [-0.25, -0.2) is 4.79 Å². The predicted octanol–water partition coefficient (Wildman–Crippen LogP) is 1.80. The summed E-state index contributed by atoms with van der Waals surface area (Å²) < 4.78 is 5.03. The number of ether oxygens (including phenoxy) is 1.